The summed E-state index contributed by atoms with van der Waals surface area (Å²) in [5.41, 5.74) is 1.47. The fourth-order valence-corrected chi connectivity index (χ4v) is 6.11. The zero-order valence-corrected chi connectivity index (χ0v) is 23.9. The number of halogens is 2. The third-order valence-electron chi connectivity index (χ3n) is 7.12. The van der Waals surface area contributed by atoms with Crippen molar-refractivity contribution in [1.29, 1.82) is 0 Å². The quantitative estimate of drug-likeness (QED) is 0.350. The maximum Gasteiger partial charge on any atom is 0.243 e. The van der Waals surface area contributed by atoms with Gasteiger partial charge in [0, 0.05) is 31.1 Å². The third kappa shape index (κ3) is 7.68. The Labute approximate surface area is 240 Å². The van der Waals surface area contributed by atoms with Crippen LogP contribution in [0.25, 0.3) is 0 Å². The Morgan fingerprint density at radius 1 is 0.950 bits per heavy atom. The first-order chi connectivity index (χ1) is 19.1. The van der Waals surface area contributed by atoms with Gasteiger partial charge < -0.3 is 10.2 Å². The lowest BCUT2D eigenvalue weighted by Gasteiger charge is -2.33. The minimum atomic E-state index is -4.01. The van der Waals surface area contributed by atoms with E-state index >= 15 is 0 Å². The van der Waals surface area contributed by atoms with E-state index in [2.05, 4.69) is 5.32 Å². The van der Waals surface area contributed by atoms with Crippen LogP contribution in [0.5, 0.6) is 0 Å². The first-order valence-corrected chi connectivity index (χ1v) is 15.1. The molecule has 4 rings (SSSR count). The normalized spacial score (nSPS) is 14.7. The van der Waals surface area contributed by atoms with Gasteiger partial charge in [0.05, 0.1) is 11.4 Å². The molecule has 7 nitrogen and oxygen atoms in total. The van der Waals surface area contributed by atoms with Crippen LogP contribution < -0.4 is 5.32 Å². The Hall–Kier alpha value is -3.27. The summed E-state index contributed by atoms with van der Waals surface area (Å²) in [5.74, 6) is -1.27. The molecule has 1 aliphatic carbocycles. The fourth-order valence-electron chi connectivity index (χ4n) is 4.86. The van der Waals surface area contributed by atoms with Gasteiger partial charge in [-0.25, -0.2) is 12.8 Å². The summed E-state index contributed by atoms with van der Waals surface area (Å²) in [4.78, 5) is 29.0. The second-order valence-corrected chi connectivity index (χ2v) is 12.5. The maximum absolute atomic E-state index is 13.9. The Kier molecular flexibility index (Phi) is 9.95. The van der Waals surface area contributed by atoms with Crippen molar-refractivity contribution in [3.8, 4) is 0 Å². The van der Waals surface area contributed by atoms with Crippen molar-refractivity contribution in [3.63, 3.8) is 0 Å². The van der Waals surface area contributed by atoms with Crippen LogP contribution in [-0.2, 0) is 32.6 Å². The summed E-state index contributed by atoms with van der Waals surface area (Å²) in [6, 6.07) is 19.9. The summed E-state index contributed by atoms with van der Waals surface area (Å²) < 4.78 is 41.0. The monoisotopic (exact) mass is 585 g/mol. The van der Waals surface area contributed by atoms with Crippen LogP contribution in [0.3, 0.4) is 0 Å². The van der Waals surface area contributed by atoms with Crippen LogP contribution in [-0.4, -0.2) is 55.1 Å². The first kappa shape index (κ1) is 29.7. The molecule has 0 bridgehead atoms. The van der Waals surface area contributed by atoms with Gasteiger partial charge in [0.1, 0.15) is 11.9 Å². The molecule has 0 aliphatic heterocycles. The van der Waals surface area contributed by atoms with Crippen LogP contribution in [0, 0.1) is 5.82 Å². The van der Waals surface area contributed by atoms with E-state index in [0.29, 0.717) is 10.6 Å². The Morgan fingerprint density at radius 3 is 2.20 bits per heavy atom. The molecule has 10 heteroatoms. The smallest absolute Gasteiger partial charge is 0.243 e. The van der Waals surface area contributed by atoms with E-state index in [1.165, 1.54) is 48.3 Å². The van der Waals surface area contributed by atoms with Crippen molar-refractivity contribution < 1.29 is 22.4 Å². The molecular formula is C30H33ClFN3O4S. The van der Waals surface area contributed by atoms with Gasteiger partial charge in [0.25, 0.3) is 0 Å². The molecule has 0 unspecified atom stereocenters. The lowest BCUT2D eigenvalue weighted by Crippen LogP contribution is -2.54. The van der Waals surface area contributed by atoms with Crippen molar-refractivity contribution in [2.75, 3.05) is 13.6 Å². The molecule has 1 aliphatic rings. The maximum atomic E-state index is 13.9. The Morgan fingerprint density at radius 2 is 1.57 bits per heavy atom. The largest absolute Gasteiger partial charge is 0.352 e. The van der Waals surface area contributed by atoms with E-state index in [1.54, 1.807) is 12.1 Å². The molecular weight excluding hydrogens is 553 g/mol. The number of amides is 2. The molecule has 1 fully saturated rings. The number of rotatable bonds is 11. The van der Waals surface area contributed by atoms with Crippen LogP contribution in [0.15, 0.2) is 83.8 Å². The van der Waals surface area contributed by atoms with E-state index < -0.39 is 34.3 Å². The number of sulfonamides is 1. The highest BCUT2D eigenvalue weighted by Gasteiger charge is 2.34. The predicted octanol–water partition coefficient (Wildman–Crippen LogP) is 4.80. The lowest BCUT2D eigenvalue weighted by molar-refractivity contribution is -0.141. The number of benzene rings is 3. The van der Waals surface area contributed by atoms with Crippen molar-refractivity contribution in [1.82, 2.24) is 14.5 Å². The molecule has 2 amide bonds. The van der Waals surface area contributed by atoms with Gasteiger partial charge in [-0.1, -0.05) is 66.9 Å². The number of nitrogens with one attached hydrogen (secondary N) is 1. The highest BCUT2D eigenvalue weighted by atomic mass is 35.5. The average molecular weight is 586 g/mol. The molecule has 3 aromatic rings. The summed E-state index contributed by atoms with van der Waals surface area (Å²) in [5, 5.41) is 3.50. The third-order valence-corrected chi connectivity index (χ3v) is 9.19. The molecule has 0 radical (unpaired) electrons. The van der Waals surface area contributed by atoms with Crippen molar-refractivity contribution in [2.24, 2.45) is 0 Å². The Balaban J connectivity index is 1.65. The summed E-state index contributed by atoms with van der Waals surface area (Å²) in [6.45, 7) is -0.488. The molecule has 0 spiro atoms. The minimum absolute atomic E-state index is 0.00269. The summed E-state index contributed by atoms with van der Waals surface area (Å²) in [6.07, 6.45) is 4.04. The molecule has 1 atom stereocenters. The molecule has 0 aromatic heterocycles. The van der Waals surface area contributed by atoms with E-state index in [1.807, 2.05) is 30.3 Å². The predicted molar refractivity (Wildman–Crippen MR) is 153 cm³/mol. The number of likely N-dealkylation sites (N-methyl/N-ethyl adjacent to an activating group) is 1. The molecule has 0 heterocycles. The molecule has 1 saturated carbocycles. The number of hydrogen-bond acceptors (Lipinski definition) is 4. The molecule has 40 heavy (non-hydrogen) atoms. The highest BCUT2D eigenvalue weighted by molar-refractivity contribution is 7.89. The van der Waals surface area contributed by atoms with Gasteiger partial charge in [-0.05, 0) is 60.4 Å². The van der Waals surface area contributed by atoms with Crippen LogP contribution in [0.4, 0.5) is 4.39 Å². The van der Waals surface area contributed by atoms with Crippen molar-refractivity contribution in [2.45, 2.75) is 55.6 Å². The van der Waals surface area contributed by atoms with E-state index in [9.17, 15) is 22.4 Å². The molecule has 3 aromatic carbocycles. The van der Waals surface area contributed by atoms with E-state index in [0.717, 1.165) is 35.6 Å². The standard InChI is InChI=1S/C30H33ClFN3O4S/c1-34(40(38,39)27-17-13-24(31)14-18-27)21-29(36)35(20-23-11-15-25(32)16-12-23)28(19-22-7-3-2-4-8-22)30(37)33-26-9-5-6-10-26/h2-4,7-8,11-18,26,28H,5-6,9-10,19-21H2,1H3,(H,33,37)/t28-/m1/s1. The molecule has 212 valence electrons. The van der Waals surface area contributed by atoms with Gasteiger partial charge >= 0.3 is 0 Å². The second-order valence-electron chi connectivity index (χ2n) is 10.1. The SMILES string of the molecule is CN(CC(=O)N(Cc1ccc(F)cc1)[C@H](Cc1ccccc1)C(=O)NC1CCCC1)S(=O)(=O)c1ccc(Cl)cc1. The zero-order chi connectivity index (χ0) is 28.7. The number of carbonyl (C=O) groups is 2. The minimum Gasteiger partial charge on any atom is -0.352 e. The van der Waals surface area contributed by atoms with Crippen molar-refractivity contribution in [3.05, 3.63) is 101 Å². The van der Waals surface area contributed by atoms with Gasteiger partial charge in [-0.15, -0.1) is 0 Å². The summed E-state index contributed by atoms with van der Waals surface area (Å²) >= 11 is 5.92. The lowest BCUT2D eigenvalue weighted by atomic mass is 10.0. The first-order valence-electron chi connectivity index (χ1n) is 13.2. The fraction of sp³-hybridized carbons (Fsp3) is 0.333. The van der Waals surface area contributed by atoms with Crippen LogP contribution in [0.1, 0.15) is 36.8 Å². The highest BCUT2D eigenvalue weighted by Crippen LogP contribution is 2.22. The molecule has 1 N–H and O–H groups in total. The Bertz CT molecular complexity index is 1400. The van der Waals surface area contributed by atoms with Crippen LogP contribution in [0.2, 0.25) is 5.02 Å². The van der Waals surface area contributed by atoms with E-state index in [4.69, 9.17) is 11.6 Å². The second kappa shape index (κ2) is 13.4. The van der Waals surface area contributed by atoms with Gasteiger partial charge in [-0.2, -0.15) is 4.31 Å². The van der Waals surface area contributed by atoms with E-state index in [-0.39, 0.29) is 29.8 Å². The van der Waals surface area contributed by atoms with Crippen molar-refractivity contribution >= 4 is 33.4 Å². The average Bonchev–Trinajstić information content (AvgIpc) is 3.45. The zero-order valence-electron chi connectivity index (χ0n) is 22.3. The van der Waals surface area contributed by atoms with Crippen LogP contribution >= 0.6 is 11.6 Å². The number of hydrogen-bond donors (Lipinski definition) is 1. The van der Waals surface area contributed by atoms with Gasteiger partial charge in [0.2, 0.25) is 21.8 Å². The van der Waals surface area contributed by atoms with Gasteiger partial charge in [-0.3, -0.25) is 9.59 Å². The number of nitrogens with zero attached hydrogens (tertiary/aromatic N) is 2. The topological polar surface area (TPSA) is 86.8 Å². The van der Waals surface area contributed by atoms with Gasteiger partial charge in [0.15, 0.2) is 0 Å². The number of carbonyl (C=O) groups excluding carboxylic acids is 2. The summed E-state index contributed by atoms with van der Waals surface area (Å²) in [7, 11) is -2.69. The molecule has 0 saturated heterocycles.